The molecule has 9 heteroatoms. The van der Waals surface area contributed by atoms with Crippen LogP contribution in [0.3, 0.4) is 0 Å². The molecule has 4 rings (SSSR count). The van der Waals surface area contributed by atoms with Gasteiger partial charge < -0.3 is 30.0 Å². The second kappa shape index (κ2) is 12.3. The smallest absolute Gasteiger partial charge is 0.252 e. The first-order chi connectivity index (χ1) is 18.5. The minimum atomic E-state index is -2.65. The highest BCUT2D eigenvalue weighted by molar-refractivity contribution is 6.71. The molecule has 1 saturated heterocycles. The Kier molecular flexibility index (Phi) is 9.28. The van der Waals surface area contributed by atoms with Crippen LogP contribution in [-0.4, -0.2) is 71.0 Å². The zero-order chi connectivity index (χ0) is 28.3. The van der Waals surface area contributed by atoms with E-state index in [9.17, 15) is 24.6 Å². The van der Waals surface area contributed by atoms with Crippen LogP contribution in [0.5, 0.6) is 0 Å². The Morgan fingerprint density at radius 3 is 2.51 bits per heavy atom. The second-order valence-electron chi connectivity index (χ2n) is 11.7. The fraction of sp³-hybridized carbons (Fsp3) is 0.533. The van der Waals surface area contributed by atoms with Gasteiger partial charge >= 0.3 is 0 Å². The number of aryl methyl sites for hydroxylation is 1. The summed E-state index contributed by atoms with van der Waals surface area (Å²) in [4.78, 5) is 38.4. The number of benzene rings is 2. The molecule has 0 aromatic heterocycles. The Balaban J connectivity index is 1.44. The third kappa shape index (κ3) is 6.96. The molecule has 2 aromatic carbocycles. The van der Waals surface area contributed by atoms with Crippen molar-refractivity contribution in [3.8, 4) is 0 Å². The van der Waals surface area contributed by atoms with Crippen LogP contribution in [0.4, 0.5) is 5.69 Å². The van der Waals surface area contributed by atoms with E-state index in [1.165, 1.54) is 12.5 Å². The van der Waals surface area contributed by atoms with Crippen LogP contribution in [-0.2, 0) is 33.7 Å². The Hall–Kier alpha value is -2.56. The minimum absolute atomic E-state index is 0.0498. The first-order valence-corrected chi connectivity index (χ1v) is 16.9. The second-order valence-corrected chi connectivity index (χ2v) is 15.7. The molecule has 6 atom stereocenters. The maximum atomic E-state index is 13.6. The van der Waals surface area contributed by atoms with Crippen molar-refractivity contribution in [3.63, 3.8) is 0 Å². The summed E-state index contributed by atoms with van der Waals surface area (Å²) in [6.07, 6.45) is 0.665. The Morgan fingerprint density at radius 1 is 1.13 bits per heavy atom. The van der Waals surface area contributed by atoms with E-state index < -0.39 is 20.3 Å². The Morgan fingerprint density at radius 2 is 1.85 bits per heavy atom. The van der Waals surface area contributed by atoms with Crippen LogP contribution >= 0.6 is 0 Å². The minimum Gasteiger partial charge on any atom is -0.432 e. The third-order valence-corrected chi connectivity index (χ3v) is 10.8. The van der Waals surface area contributed by atoms with E-state index >= 15 is 0 Å². The van der Waals surface area contributed by atoms with Crippen molar-refractivity contribution in [1.29, 1.82) is 0 Å². The molecule has 2 amide bonds. The molecule has 212 valence electrons. The fourth-order valence-electron chi connectivity index (χ4n) is 6.30. The van der Waals surface area contributed by atoms with Gasteiger partial charge in [-0.25, -0.2) is 0 Å². The normalized spacial score (nSPS) is 25.7. The highest BCUT2D eigenvalue weighted by atomic mass is 28.4. The SMILES string of the molecule is C[C@@H]1[C@@H]([Si](C)(C)O)[C@H](CC(=O)N2Cc3ccccc3C[C@H]2CO)O[C@@H]1CCc1cccc(NC(=O)[C@H](C)O)c1. The third-order valence-electron chi connectivity index (χ3n) is 8.27. The molecule has 39 heavy (non-hydrogen) atoms. The molecule has 0 bridgehead atoms. The van der Waals surface area contributed by atoms with Gasteiger partial charge in [0.1, 0.15) is 6.10 Å². The fourth-order valence-corrected chi connectivity index (χ4v) is 8.91. The number of rotatable bonds is 9. The van der Waals surface area contributed by atoms with Crippen molar-refractivity contribution in [2.45, 2.75) is 89.1 Å². The maximum Gasteiger partial charge on any atom is 0.252 e. The Bertz CT molecular complexity index is 1170. The van der Waals surface area contributed by atoms with Gasteiger partial charge in [-0.15, -0.1) is 0 Å². The van der Waals surface area contributed by atoms with E-state index in [0.29, 0.717) is 25.1 Å². The van der Waals surface area contributed by atoms with Gasteiger partial charge in [0, 0.05) is 17.8 Å². The zero-order valence-corrected chi connectivity index (χ0v) is 24.3. The molecule has 0 radical (unpaired) electrons. The van der Waals surface area contributed by atoms with E-state index in [-0.39, 0.29) is 48.6 Å². The lowest BCUT2D eigenvalue weighted by atomic mass is 9.93. The number of nitrogens with zero attached hydrogens (tertiary/aromatic N) is 1. The number of ether oxygens (including phenoxy) is 1. The summed E-state index contributed by atoms with van der Waals surface area (Å²) in [6, 6.07) is 15.3. The van der Waals surface area contributed by atoms with Crippen molar-refractivity contribution >= 4 is 25.8 Å². The molecule has 2 aliphatic rings. The van der Waals surface area contributed by atoms with Crippen molar-refractivity contribution < 1.29 is 29.3 Å². The number of fused-ring (bicyclic) bond motifs is 1. The van der Waals surface area contributed by atoms with Crippen LogP contribution in [0.15, 0.2) is 48.5 Å². The summed E-state index contributed by atoms with van der Waals surface area (Å²) in [5.41, 5.74) is 3.85. The molecule has 0 spiro atoms. The van der Waals surface area contributed by atoms with Gasteiger partial charge in [0.05, 0.1) is 31.3 Å². The number of nitrogens with one attached hydrogen (secondary N) is 1. The topological polar surface area (TPSA) is 119 Å². The standard InChI is InChI=1S/C30H42N2O6Si/c1-19-26(13-12-21-8-7-11-24(14-21)31-30(36)20(2)34)38-27(29(19)39(3,4)37)16-28(35)32-17-23-10-6-5-9-22(23)15-25(32)18-33/h5-11,14,19-20,25-27,29,33-34,37H,12-13,15-18H2,1-4H3,(H,31,36)/t19-,20-,25-,26+,27-,29+/m0/s1. The van der Waals surface area contributed by atoms with Gasteiger partial charge in [-0.2, -0.15) is 0 Å². The molecule has 2 aromatic rings. The lowest BCUT2D eigenvalue weighted by Crippen LogP contribution is -2.48. The summed E-state index contributed by atoms with van der Waals surface area (Å²) >= 11 is 0. The van der Waals surface area contributed by atoms with Gasteiger partial charge in [0.25, 0.3) is 5.91 Å². The average Bonchev–Trinajstić information content (AvgIpc) is 3.21. The molecule has 0 unspecified atom stereocenters. The van der Waals surface area contributed by atoms with Gasteiger partial charge in [-0.05, 0) is 74.0 Å². The molecule has 1 fully saturated rings. The largest absolute Gasteiger partial charge is 0.432 e. The van der Waals surface area contributed by atoms with Crippen molar-refractivity contribution in [1.82, 2.24) is 4.90 Å². The average molecular weight is 555 g/mol. The molecular formula is C30H42N2O6Si. The zero-order valence-electron chi connectivity index (χ0n) is 23.3. The van der Waals surface area contributed by atoms with Crippen molar-refractivity contribution in [2.24, 2.45) is 5.92 Å². The summed E-state index contributed by atoms with van der Waals surface area (Å²) in [6.45, 7) is 7.75. The summed E-state index contributed by atoms with van der Waals surface area (Å²) < 4.78 is 6.52. The number of amides is 2. The first-order valence-electron chi connectivity index (χ1n) is 13.9. The Labute approximate surface area is 232 Å². The van der Waals surface area contributed by atoms with Crippen molar-refractivity contribution in [2.75, 3.05) is 11.9 Å². The van der Waals surface area contributed by atoms with E-state index in [0.717, 1.165) is 17.5 Å². The van der Waals surface area contributed by atoms with E-state index in [1.807, 2.05) is 49.5 Å². The molecule has 2 aliphatic heterocycles. The molecular weight excluding hydrogens is 512 g/mol. The summed E-state index contributed by atoms with van der Waals surface area (Å²) in [7, 11) is -2.65. The highest BCUT2D eigenvalue weighted by Crippen LogP contribution is 2.46. The lowest BCUT2D eigenvalue weighted by Gasteiger charge is -2.37. The number of hydrogen-bond donors (Lipinski definition) is 4. The van der Waals surface area contributed by atoms with Crippen LogP contribution in [0, 0.1) is 5.92 Å². The quantitative estimate of drug-likeness (QED) is 0.354. The van der Waals surface area contributed by atoms with Crippen LogP contribution in [0.2, 0.25) is 18.6 Å². The van der Waals surface area contributed by atoms with Gasteiger partial charge in [0.15, 0.2) is 8.32 Å². The number of anilines is 1. The number of aliphatic hydroxyl groups excluding tert-OH is 2. The molecule has 0 saturated carbocycles. The number of aliphatic hydroxyl groups is 2. The van der Waals surface area contributed by atoms with Crippen LogP contribution in [0.25, 0.3) is 0 Å². The van der Waals surface area contributed by atoms with Gasteiger partial charge in [-0.3, -0.25) is 9.59 Å². The number of hydrogen-bond acceptors (Lipinski definition) is 6. The molecule has 0 aliphatic carbocycles. The molecule has 4 N–H and O–H groups in total. The van der Waals surface area contributed by atoms with Gasteiger partial charge in [0.2, 0.25) is 5.91 Å². The number of carbonyl (C=O) groups is 2. The molecule has 2 heterocycles. The van der Waals surface area contributed by atoms with Crippen LogP contribution in [0.1, 0.15) is 43.4 Å². The maximum absolute atomic E-state index is 13.6. The van der Waals surface area contributed by atoms with E-state index in [2.05, 4.69) is 18.3 Å². The summed E-state index contributed by atoms with van der Waals surface area (Å²) in [5, 5.41) is 22.2. The van der Waals surface area contributed by atoms with Crippen molar-refractivity contribution in [3.05, 3.63) is 65.2 Å². The lowest BCUT2D eigenvalue weighted by molar-refractivity contribution is -0.138. The van der Waals surface area contributed by atoms with E-state index in [1.54, 1.807) is 11.0 Å². The molecule has 8 nitrogen and oxygen atoms in total. The van der Waals surface area contributed by atoms with Gasteiger partial charge in [-0.1, -0.05) is 43.3 Å². The number of carbonyl (C=O) groups excluding carboxylic acids is 2. The summed E-state index contributed by atoms with van der Waals surface area (Å²) in [5.74, 6) is -0.416. The highest BCUT2D eigenvalue weighted by Gasteiger charge is 2.50. The van der Waals surface area contributed by atoms with Crippen LogP contribution < -0.4 is 5.32 Å². The predicted molar refractivity (Wildman–Crippen MR) is 153 cm³/mol. The van der Waals surface area contributed by atoms with E-state index in [4.69, 9.17) is 4.74 Å². The predicted octanol–water partition coefficient (Wildman–Crippen LogP) is 3.25. The monoisotopic (exact) mass is 554 g/mol. The first kappa shape index (κ1) is 29.4.